The topological polar surface area (TPSA) is 56.7 Å². The first-order chi connectivity index (χ1) is 10.2. The molecule has 1 aromatic carbocycles. The second-order valence-corrected chi connectivity index (χ2v) is 5.35. The molecule has 22 heavy (non-hydrogen) atoms. The molecule has 5 nitrogen and oxygen atoms in total. The molecule has 1 aromatic rings. The fourth-order valence-electron chi connectivity index (χ4n) is 2.64. The van der Waals surface area contributed by atoms with Crippen LogP contribution >= 0.6 is 24.0 Å². The number of carbonyl (C=O) groups is 1. The number of halogens is 1. The highest BCUT2D eigenvalue weighted by atomic mass is 127. The van der Waals surface area contributed by atoms with Gasteiger partial charge in [0, 0.05) is 46.1 Å². The summed E-state index contributed by atoms with van der Waals surface area (Å²) >= 11 is 0. The lowest BCUT2D eigenvalue weighted by atomic mass is 10.1. The van der Waals surface area contributed by atoms with E-state index in [1.54, 1.807) is 7.05 Å². The summed E-state index contributed by atoms with van der Waals surface area (Å²) in [5.74, 6) is 1.39. The number of nitrogens with one attached hydrogen (secondary N) is 2. The molecule has 0 spiro atoms. The van der Waals surface area contributed by atoms with E-state index in [0.29, 0.717) is 12.3 Å². The van der Waals surface area contributed by atoms with Gasteiger partial charge in [0.1, 0.15) is 0 Å². The van der Waals surface area contributed by atoms with Crippen LogP contribution < -0.4 is 10.6 Å². The summed E-state index contributed by atoms with van der Waals surface area (Å²) in [5.41, 5.74) is 1.28. The molecule has 0 aliphatic carbocycles. The average Bonchev–Trinajstić information content (AvgIpc) is 2.87. The lowest BCUT2D eigenvalue weighted by Gasteiger charge is -2.17. The number of amides is 1. The van der Waals surface area contributed by atoms with E-state index in [9.17, 15) is 4.79 Å². The van der Waals surface area contributed by atoms with Crippen LogP contribution in [0.5, 0.6) is 0 Å². The Morgan fingerprint density at radius 1 is 1.36 bits per heavy atom. The third-order valence-electron chi connectivity index (χ3n) is 3.83. The molecule has 0 aromatic heterocycles. The first-order valence-electron chi connectivity index (χ1n) is 7.43. The maximum absolute atomic E-state index is 12.0. The van der Waals surface area contributed by atoms with E-state index >= 15 is 0 Å². The zero-order chi connectivity index (χ0) is 15.1. The van der Waals surface area contributed by atoms with Gasteiger partial charge in [-0.2, -0.15) is 0 Å². The predicted molar refractivity (Wildman–Crippen MR) is 101 cm³/mol. The first-order valence-corrected chi connectivity index (χ1v) is 7.43. The Labute approximate surface area is 149 Å². The van der Waals surface area contributed by atoms with Crippen LogP contribution in [0.4, 0.5) is 0 Å². The maximum Gasteiger partial charge on any atom is 0.223 e. The predicted octanol–water partition coefficient (Wildman–Crippen LogP) is 1.49. The van der Waals surface area contributed by atoms with Gasteiger partial charge in [-0.15, -0.1) is 24.0 Å². The molecule has 1 unspecified atom stereocenters. The molecule has 0 bridgehead atoms. The van der Waals surface area contributed by atoms with Crippen LogP contribution in [0.1, 0.15) is 12.0 Å². The fourth-order valence-corrected chi connectivity index (χ4v) is 2.64. The summed E-state index contributed by atoms with van der Waals surface area (Å²) in [5, 5.41) is 6.22. The molecule has 1 atom stereocenters. The molecular formula is C16H25IN4O. The van der Waals surface area contributed by atoms with Crippen molar-refractivity contribution in [3.63, 3.8) is 0 Å². The molecule has 2 N–H and O–H groups in total. The highest BCUT2D eigenvalue weighted by Gasteiger charge is 2.28. The molecule has 1 fully saturated rings. The van der Waals surface area contributed by atoms with Crippen LogP contribution in [0.3, 0.4) is 0 Å². The first kappa shape index (κ1) is 18.7. The molecule has 6 heteroatoms. The number of carbonyl (C=O) groups excluding carboxylic acids is 1. The van der Waals surface area contributed by atoms with Gasteiger partial charge in [0.25, 0.3) is 0 Å². The van der Waals surface area contributed by atoms with Crippen LogP contribution in [0.15, 0.2) is 35.3 Å². The van der Waals surface area contributed by atoms with Crippen LogP contribution in [0.25, 0.3) is 0 Å². The Kier molecular flexibility index (Phi) is 8.22. The van der Waals surface area contributed by atoms with Gasteiger partial charge < -0.3 is 15.5 Å². The molecule has 1 amide bonds. The maximum atomic E-state index is 12.0. The number of hydrogen-bond acceptors (Lipinski definition) is 2. The highest BCUT2D eigenvalue weighted by molar-refractivity contribution is 14.0. The Balaban J connectivity index is 0.00000242. The van der Waals surface area contributed by atoms with Crippen molar-refractivity contribution in [2.24, 2.45) is 10.9 Å². The quantitative estimate of drug-likeness (QED) is 0.435. The summed E-state index contributed by atoms with van der Waals surface area (Å²) < 4.78 is 0. The Hall–Kier alpha value is -1.31. The molecule has 122 valence electrons. The summed E-state index contributed by atoms with van der Waals surface area (Å²) in [6.45, 7) is 2.42. The molecule has 2 rings (SSSR count). The van der Waals surface area contributed by atoms with Crippen molar-refractivity contribution in [1.82, 2.24) is 15.5 Å². The minimum Gasteiger partial charge on any atom is -0.359 e. The largest absolute Gasteiger partial charge is 0.359 e. The van der Waals surface area contributed by atoms with Crippen molar-refractivity contribution in [3.05, 3.63) is 35.9 Å². The molecule has 1 aliphatic heterocycles. The molecular weight excluding hydrogens is 391 g/mol. The number of nitrogens with zero attached hydrogens (tertiary/aromatic N) is 2. The summed E-state index contributed by atoms with van der Waals surface area (Å²) in [6, 6.07) is 10.3. The standard InChI is InChI=1S/C16H24N4O.HI/c1-17-16(18-2)19-11-14-10-15(21)20(12-14)9-8-13-6-4-3-5-7-13;/h3-7,14H,8-12H2,1-2H3,(H2,17,18,19);1H. The smallest absolute Gasteiger partial charge is 0.223 e. The number of guanidine groups is 1. The second kappa shape index (κ2) is 9.66. The minimum atomic E-state index is 0. The van der Waals surface area contributed by atoms with E-state index in [0.717, 1.165) is 32.0 Å². The van der Waals surface area contributed by atoms with Gasteiger partial charge in [0.15, 0.2) is 5.96 Å². The minimum absolute atomic E-state index is 0. The average molecular weight is 416 g/mol. The monoisotopic (exact) mass is 416 g/mol. The van der Waals surface area contributed by atoms with Crippen molar-refractivity contribution in [1.29, 1.82) is 0 Å². The van der Waals surface area contributed by atoms with Crippen LogP contribution in [-0.2, 0) is 11.2 Å². The van der Waals surface area contributed by atoms with Crippen molar-refractivity contribution in [2.45, 2.75) is 12.8 Å². The summed E-state index contributed by atoms with van der Waals surface area (Å²) in [4.78, 5) is 18.1. The van der Waals surface area contributed by atoms with Gasteiger partial charge in [-0.1, -0.05) is 30.3 Å². The normalized spacial score (nSPS) is 18.1. The highest BCUT2D eigenvalue weighted by Crippen LogP contribution is 2.17. The summed E-state index contributed by atoms with van der Waals surface area (Å²) in [6.07, 6.45) is 1.55. The van der Waals surface area contributed by atoms with E-state index in [2.05, 4.69) is 27.8 Å². The van der Waals surface area contributed by atoms with E-state index in [4.69, 9.17) is 0 Å². The lowest BCUT2D eigenvalue weighted by Crippen LogP contribution is -2.38. The van der Waals surface area contributed by atoms with Gasteiger partial charge in [-0.05, 0) is 12.0 Å². The van der Waals surface area contributed by atoms with Crippen molar-refractivity contribution < 1.29 is 4.79 Å². The van der Waals surface area contributed by atoms with Crippen molar-refractivity contribution in [3.8, 4) is 0 Å². The van der Waals surface area contributed by atoms with E-state index in [1.807, 2.05) is 30.1 Å². The lowest BCUT2D eigenvalue weighted by molar-refractivity contribution is -0.127. The van der Waals surface area contributed by atoms with Gasteiger partial charge in [0.2, 0.25) is 5.91 Å². The van der Waals surface area contributed by atoms with Crippen LogP contribution in [-0.4, -0.2) is 50.5 Å². The Bertz CT molecular complexity index is 492. The third-order valence-corrected chi connectivity index (χ3v) is 3.83. The molecule has 0 radical (unpaired) electrons. The van der Waals surface area contributed by atoms with E-state index < -0.39 is 0 Å². The SMILES string of the molecule is CN=C(NC)NCC1CC(=O)N(CCc2ccccc2)C1.I. The summed E-state index contributed by atoms with van der Waals surface area (Å²) in [7, 11) is 3.58. The number of likely N-dealkylation sites (tertiary alicyclic amines) is 1. The van der Waals surface area contributed by atoms with Gasteiger partial charge >= 0.3 is 0 Å². The molecule has 1 aliphatic rings. The molecule has 1 saturated heterocycles. The molecule has 0 saturated carbocycles. The van der Waals surface area contributed by atoms with Crippen molar-refractivity contribution in [2.75, 3.05) is 33.7 Å². The molecule has 1 heterocycles. The number of hydrogen-bond donors (Lipinski definition) is 2. The van der Waals surface area contributed by atoms with Crippen LogP contribution in [0, 0.1) is 5.92 Å². The Morgan fingerprint density at radius 2 is 2.09 bits per heavy atom. The third kappa shape index (κ3) is 5.47. The zero-order valence-corrected chi connectivity index (χ0v) is 15.5. The number of benzene rings is 1. The van der Waals surface area contributed by atoms with Gasteiger partial charge in [0.05, 0.1) is 0 Å². The number of rotatable bonds is 5. The van der Waals surface area contributed by atoms with Gasteiger partial charge in [-0.25, -0.2) is 0 Å². The fraction of sp³-hybridized carbons (Fsp3) is 0.500. The zero-order valence-electron chi connectivity index (χ0n) is 13.2. The van der Waals surface area contributed by atoms with Gasteiger partial charge in [-0.3, -0.25) is 9.79 Å². The van der Waals surface area contributed by atoms with Crippen LogP contribution in [0.2, 0.25) is 0 Å². The van der Waals surface area contributed by atoms with Crippen molar-refractivity contribution >= 4 is 35.8 Å². The number of aliphatic imine (C=N–C) groups is 1. The van der Waals surface area contributed by atoms with E-state index in [1.165, 1.54) is 5.56 Å². The van der Waals surface area contributed by atoms with E-state index in [-0.39, 0.29) is 29.9 Å². The second-order valence-electron chi connectivity index (χ2n) is 5.35. The Morgan fingerprint density at radius 3 is 2.73 bits per heavy atom.